The number of para-hydroxylation sites is 1. The monoisotopic (exact) mass is 445 g/mol. The number of aromatic nitrogens is 3. The predicted octanol–water partition coefficient (Wildman–Crippen LogP) is 4.00. The van der Waals surface area contributed by atoms with Gasteiger partial charge in [-0.1, -0.05) is 31.2 Å². The van der Waals surface area contributed by atoms with Crippen LogP contribution in [0.4, 0.5) is 14.7 Å². The van der Waals surface area contributed by atoms with E-state index in [4.69, 9.17) is 22.1 Å². The van der Waals surface area contributed by atoms with Gasteiger partial charge >= 0.3 is 0 Å². The summed E-state index contributed by atoms with van der Waals surface area (Å²) in [5.41, 5.74) is 0.968. The smallest absolute Gasteiger partial charge is 0.230 e. The van der Waals surface area contributed by atoms with Crippen LogP contribution in [0.3, 0.4) is 0 Å². The number of anilines is 1. The van der Waals surface area contributed by atoms with Gasteiger partial charge in [-0.3, -0.25) is 9.47 Å². The van der Waals surface area contributed by atoms with Crippen molar-refractivity contribution in [3.8, 4) is 5.69 Å². The van der Waals surface area contributed by atoms with E-state index in [0.29, 0.717) is 31.2 Å². The third kappa shape index (κ3) is 4.68. The van der Waals surface area contributed by atoms with Gasteiger partial charge in [0.05, 0.1) is 25.6 Å². The van der Waals surface area contributed by atoms with Crippen LogP contribution in [-0.4, -0.2) is 52.1 Å². The number of ether oxygens (including phenoxy) is 1. The van der Waals surface area contributed by atoms with Crippen LogP contribution in [0.15, 0.2) is 48.5 Å². The number of morpholine rings is 1. The fourth-order valence-corrected chi connectivity index (χ4v) is 3.90. The molecular weight excluding hydrogens is 420 g/mol. The molecule has 0 radical (unpaired) electrons. The average Bonchev–Trinajstić information content (AvgIpc) is 3.12. The third-order valence-electron chi connectivity index (χ3n) is 5.36. The van der Waals surface area contributed by atoms with Crippen molar-refractivity contribution in [1.82, 2.24) is 19.2 Å². The zero-order chi connectivity index (χ0) is 21.8. The molecule has 1 aliphatic rings. The summed E-state index contributed by atoms with van der Waals surface area (Å²) in [7, 11) is 0. The molecule has 1 fully saturated rings. The van der Waals surface area contributed by atoms with Gasteiger partial charge in [0, 0.05) is 25.2 Å². The Balaban J connectivity index is 1.67. The van der Waals surface area contributed by atoms with Gasteiger partial charge in [-0.2, -0.15) is 0 Å². The van der Waals surface area contributed by atoms with E-state index in [1.165, 1.54) is 18.2 Å². The Morgan fingerprint density at radius 1 is 1.03 bits per heavy atom. The summed E-state index contributed by atoms with van der Waals surface area (Å²) >= 11 is 5.78. The summed E-state index contributed by atoms with van der Waals surface area (Å²) in [6.07, 6.45) is 0. The number of nitrogens with zero attached hydrogens (tertiary/aromatic N) is 5. The highest BCUT2D eigenvalue weighted by molar-refractivity contribution is 7.71. The minimum absolute atomic E-state index is 0.0479. The lowest BCUT2D eigenvalue weighted by Gasteiger charge is -2.27. The van der Waals surface area contributed by atoms with Crippen LogP contribution in [0, 0.1) is 16.4 Å². The number of benzene rings is 2. The van der Waals surface area contributed by atoms with Gasteiger partial charge in [-0.05, 0) is 43.0 Å². The molecule has 0 bridgehead atoms. The first-order chi connectivity index (χ1) is 15.1. The highest BCUT2D eigenvalue weighted by Crippen LogP contribution is 2.22. The third-order valence-corrected chi connectivity index (χ3v) is 5.75. The zero-order valence-electron chi connectivity index (χ0n) is 17.4. The van der Waals surface area contributed by atoms with Crippen LogP contribution in [-0.2, 0) is 18.0 Å². The number of hydrogen-bond acceptors (Lipinski definition) is 5. The standard InChI is InChI=1S/C22H25F2N5OS/c1-2-26(15-18-19(23)9-6-10-20(18)24)16-28-22(31)29(17-7-4-3-5-8-17)21(25-28)27-11-13-30-14-12-27/h3-10H,2,11-16H2,1H3. The summed E-state index contributed by atoms with van der Waals surface area (Å²) in [6, 6.07) is 13.8. The normalized spacial score (nSPS) is 14.4. The minimum Gasteiger partial charge on any atom is -0.378 e. The SMILES string of the molecule is CCN(Cc1c(F)cccc1F)Cn1nc(N2CCOCC2)n(-c2ccccc2)c1=S. The van der Waals surface area contributed by atoms with E-state index >= 15 is 0 Å². The molecule has 4 rings (SSSR count). The largest absolute Gasteiger partial charge is 0.378 e. The summed E-state index contributed by atoms with van der Waals surface area (Å²) < 4.78 is 38.0. The maximum Gasteiger partial charge on any atom is 0.230 e. The van der Waals surface area contributed by atoms with Gasteiger partial charge < -0.3 is 9.64 Å². The van der Waals surface area contributed by atoms with Gasteiger partial charge in [-0.15, -0.1) is 5.10 Å². The van der Waals surface area contributed by atoms with Crippen molar-refractivity contribution in [2.24, 2.45) is 0 Å². The van der Waals surface area contributed by atoms with Crippen molar-refractivity contribution >= 4 is 18.2 Å². The second kappa shape index (κ2) is 9.67. The van der Waals surface area contributed by atoms with Gasteiger partial charge in [-0.25, -0.2) is 13.5 Å². The molecule has 164 valence electrons. The van der Waals surface area contributed by atoms with Crippen LogP contribution in [0.1, 0.15) is 12.5 Å². The van der Waals surface area contributed by atoms with E-state index < -0.39 is 11.6 Å². The molecule has 0 atom stereocenters. The van der Waals surface area contributed by atoms with E-state index in [1.54, 1.807) is 4.68 Å². The molecular formula is C22H25F2N5OS. The summed E-state index contributed by atoms with van der Waals surface area (Å²) in [6.45, 7) is 5.67. The molecule has 0 unspecified atom stereocenters. The van der Waals surface area contributed by atoms with Crippen LogP contribution in [0.25, 0.3) is 5.69 Å². The predicted molar refractivity (Wildman–Crippen MR) is 118 cm³/mol. The number of hydrogen-bond donors (Lipinski definition) is 0. The second-order valence-corrected chi connectivity index (χ2v) is 7.70. The number of rotatable bonds is 7. The van der Waals surface area contributed by atoms with E-state index in [1.807, 2.05) is 46.7 Å². The Morgan fingerprint density at radius 2 is 1.71 bits per heavy atom. The molecule has 6 nitrogen and oxygen atoms in total. The van der Waals surface area contributed by atoms with E-state index in [-0.39, 0.29) is 12.1 Å². The van der Waals surface area contributed by atoms with Crippen molar-refractivity contribution in [3.63, 3.8) is 0 Å². The molecule has 2 aromatic carbocycles. The lowest BCUT2D eigenvalue weighted by atomic mass is 10.2. The fraction of sp³-hybridized carbons (Fsp3) is 0.364. The van der Waals surface area contributed by atoms with Crippen molar-refractivity contribution in [3.05, 3.63) is 70.5 Å². The Bertz CT molecular complexity index is 1060. The van der Waals surface area contributed by atoms with Crippen molar-refractivity contribution in [2.75, 3.05) is 37.7 Å². The van der Waals surface area contributed by atoms with Crippen molar-refractivity contribution in [1.29, 1.82) is 0 Å². The topological polar surface area (TPSA) is 38.5 Å². The Morgan fingerprint density at radius 3 is 2.35 bits per heavy atom. The van der Waals surface area contributed by atoms with Crippen LogP contribution < -0.4 is 4.90 Å². The fourth-order valence-electron chi connectivity index (χ4n) is 3.62. The molecule has 0 amide bonds. The molecule has 0 aliphatic carbocycles. The maximum atomic E-state index is 14.2. The van der Waals surface area contributed by atoms with Crippen LogP contribution >= 0.6 is 12.2 Å². The Labute approximate surface area is 185 Å². The lowest BCUT2D eigenvalue weighted by Crippen LogP contribution is -2.38. The first-order valence-corrected chi connectivity index (χ1v) is 10.7. The molecule has 1 saturated heterocycles. The molecule has 1 aliphatic heterocycles. The van der Waals surface area contributed by atoms with E-state index in [0.717, 1.165) is 24.7 Å². The summed E-state index contributed by atoms with van der Waals surface area (Å²) in [5.74, 6) is -0.357. The average molecular weight is 446 g/mol. The Hall–Kier alpha value is -2.62. The molecule has 1 aromatic heterocycles. The highest BCUT2D eigenvalue weighted by atomic mass is 32.1. The summed E-state index contributed by atoms with van der Waals surface area (Å²) in [4.78, 5) is 4.05. The van der Waals surface area contributed by atoms with Gasteiger partial charge in [0.1, 0.15) is 11.6 Å². The Kier molecular flexibility index (Phi) is 6.74. The minimum atomic E-state index is -0.550. The van der Waals surface area contributed by atoms with Crippen molar-refractivity contribution < 1.29 is 13.5 Å². The first-order valence-electron chi connectivity index (χ1n) is 10.3. The van der Waals surface area contributed by atoms with E-state index in [2.05, 4.69) is 4.90 Å². The number of halogens is 2. The first kappa shape index (κ1) is 21.6. The van der Waals surface area contributed by atoms with Gasteiger partial charge in [0.15, 0.2) is 0 Å². The van der Waals surface area contributed by atoms with E-state index in [9.17, 15) is 8.78 Å². The van der Waals surface area contributed by atoms with Gasteiger partial charge in [0.2, 0.25) is 10.7 Å². The molecule has 3 aromatic rings. The molecule has 0 N–H and O–H groups in total. The lowest BCUT2D eigenvalue weighted by molar-refractivity contribution is 0.121. The van der Waals surface area contributed by atoms with Crippen LogP contribution in [0.2, 0.25) is 0 Å². The molecule has 31 heavy (non-hydrogen) atoms. The second-order valence-electron chi connectivity index (χ2n) is 7.34. The molecule has 9 heteroatoms. The summed E-state index contributed by atoms with van der Waals surface area (Å²) in [5, 5.41) is 4.80. The van der Waals surface area contributed by atoms with Crippen LogP contribution in [0.5, 0.6) is 0 Å². The maximum absolute atomic E-state index is 14.2. The molecule has 2 heterocycles. The quantitative estimate of drug-likeness (QED) is 0.514. The highest BCUT2D eigenvalue weighted by Gasteiger charge is 2.22. The molecule has 0 spiro atoms. The van der Waals surface area contributed by atoms with Gasteiger partial charge in [0.25, 0.3) is 0 Å². The molecule has 0 saturated carbocycles. The van der Waals surface area contributed by atoms with Crippen molar-refractivity contribution in [2.45, 2.75) is 20.1 Å². The zero-order valence-corrected chi connectivity index (χ0v) is 18.2.